The molecule has 1 saturated heterocycles. The average Bonchev–Trinajstić information content (AvgIpc) is 2.89. The van der Waals surface area contributed by atoms with E-state index in [0.29, 0.717) is 18.3 Å². The van der Waals surface area contributed by atoms with Crippen LogP contribution < -0.4 is 0 Å². The maximum absolute atomic E-state index is 12.8. The maximum atomic E-state index is 12.8. The Kier molecular flexibility index (Phi) is 5.80. The number of benzene rings is 1. The van der Waals surface area contributed by atoms with Crippen molar-refractivity contribution in [1.82, 2.24) is 14.7 Å². The third kappa shape index (κ3) is 4.17. The molecule has 0 saturated carbocycles. The van der Waals surface area contributed by atoms with Crippen molar-refractivity contribution in [2.75, 3.05) is 13.1 Å². The van der Waals surface area contributed by atoms with Crippen LogP contribution in [0.25, 0.3) is 0 Å². The topological polar surface area (TPSA) is 38.1 Å². The van der Waals surface area contributed by atoms with Crippen LogP contribution in [-0.4, -0.2) is 33.7 Å². The first-order chi connectivity index (χ1) is 12.5. The van der Waals surface area contributed by atoms with Crippen molar-refractivity contribution in [3.8, 4) is 0 Å². The SMILES string of the molecule is Cc1nn(CC(C)C)c(C)c1CC(=O)N1CCC(c2ccccc2)CC1. The second kappa shape index (κ2) is 8.07. The number of rotatable bonds is 5. The highest BCUT2D eigenvalue weighted by molar-refractivity contribution is 5.79. The van der Waals surface area contributed by atoms with E-state index in [1.54, 1.807) is 0 Å². The Balaban J connectivity index is 1.60. The van der Waals surface area contributed by atoms with Gasteiger partial charge in [-0.1, -0.05) is 44.2 Å². The van der Waals surface area contributed by atoms with Crippen LogP contribution >= 0.6 is 0 Å². The molecular weight excluding hydrogens is 322 g/mol. The van der Waals surface area contributed by atoms with Crippen molar-refractivity contribution in [2.45, 2.75) is 59.4 Å². The predicted molar refractivity (Wildman–Crippen MR) is 105 cm³/mol. The maximum Gasteiger partial charge on any atom is 0.227 e. The second-order valence-electron chi connectivity index (χ2n) is 7.97. The third-order valence-corrected chi connectivity index (χ3v) is 5.52. The summed E-state index contributed by atoms with van der Waals surface area (Å²) < 4.78 is 2.06. The van der Waals surface area contributed by atoms with Crippen molar-refractivity contribution >= 4 is 5.91 Å². The molecule has 0 bridgehead atoms. The molecule has 0 spiro atoms. The number of hydrogen-bond donors (Lipinski definition) is 0. The van der Waals surface area contributed by atoms with Crippen molar-refractivity contribution in [3.05, 3.63) is 52.8 Å². The van der Waals surface area contributed by atoms with Crippen LogP contribution in [0.5, 0.6) is 0 Å². The first-order valence-corrected chi connectivity index (χ1v) is 9.81. The summed E-state index contributed by atoms with van der Waals surface area (Å²) in [6.45, 7) is 11.1. The Labute approximate surface area is 157 Å². The summed E-state index contributed by atoms with van der Waals surface area (Å²) in [7, 11) is 0. The number of carbonyl (C=O) groups is 1. The number of amides is 1. The third-order valence-electron chi connectivity index (χ3n) is 5.52. The number of hydrogen-bond acceptors (Lipinski definition) is 2. The standard InChI is InChI=1S/C22H31N3O/c1-16(2)15-25-18(4)21(17(3)23-25)14-22(26)24-12-10-20(11-13-24)19-8-6-5-7-9-19/h5-9,16,20H,10-15H2,1-4H3. The number of nitrogens with zero attached hydrogens (tertiary/aromatic N) is 3. The van der Waals surface area contributed by atoms with Gasteiger partial charge in [0.25, 0.3) is 0 Å². The Morgan fingerprint density at radius 2 is 1.81 bits per heavy atom. The lowest BCUT2D eigenvalue weighted by Crippen LogP contribution is -2.38. The zero-order valence-corrected chi connectivity index (χ0v) is 16.5. The Morgan fingerprint density at radius 3 is 2.42 bits per heavy atom. The van der Waals surface area contributed by atoms with Crippen LogP contribution in [-0.2, 0) is 17.8 Å². The van der Waals surface area contributed by atoms with Gasteiger partial charge in [-0.3, -0.25) is 9.48 Å². The highest BCUT2D eigenvalue weighted by Crippen LogP contribution is 2.28. The molecule has 0 aliphatic carbocycles. The summed E-state index contributed by atoms with van der Waals surface area (Å²) in [6, 6.07) is 10.7. The highest BCUT2D eigenvalue weighted by atomic mass is 16.2. The zero-order chi connectivity index (χ0) is 18.7. The summed E-state index contributed by atoms with van der Waals surface area (Å²) in [5.74, 6) is 1.37. The van der Waals surface area contributed by atoms with Gasteiger partial charge in [0.15, 0.2) is 0 Å². The summed E-state index contributed by atoms with van der Waals surface area (Å²) >= 11 is 0. The van der Waals surface area contributed by atoms with E-state index in [2.05, 4.69) is 60.9 Å². The zero-order valence-electron chi connectivity index (χ0n) is 16.5. The number of aromatic nitrogens is 2. The summed E-state index contributed by atoms with van der Waals surface area (Å²) in [6.07, 6.45) is 2.59. The van der Waals surface area contributed by atoms with Crippen LogP contribution in [0, 0.1) is 19.8 Å². The molecule has 140 valence electrons. The minimum Gasteiger partial charge on any atom is -0.342 e. The summed E-state index contributed by atoms with van der Waals surface area (Å²) in [4.78, 5) is 14.9. The van der Waals surface area contributed by atoms with E-state index in [4.69, 9.17) is 0 Å². The Bertz CT molecular complexity index is 740. The molecule has 1 aliphatic rings. The van der Waals surface area contributed by atoms with E-state index in [0.717, 1.165) is 49.4 Å². The van der Waals surface area contributed by atoms with Gasteiger partial charge in [-0.15, -0.1) is 0 Å². The van der Waals surface area contributed by atoms with E-state index >= 15 is 0 Å². The molecule has 0 atom stereocenters. The van der Waals surface area contributed by atoms with E-state index in [9.17, 15) is 4.79 Å². The summed E-state index contributed by atoms with van der Waals surface area (Å²) in [5.41, 5.74) is 4.65. The molecule has 1 amide bonds. The molecule has 2 aromatic rings. The quantitative estimate of drug-likeness (QED) is 0.811. The largest absolute Gasteiger partial charge is 0.342 e. The highest BCUT2D eigenvalue weighted by Gasteiger charge is 2.25. The molecule has 1 aliphatic heterocycles. The molecule has 0 N–H and O–H groups in total. The van der Waals surface area contributed by atoms with Gasteiger partial charge in [0.2, 0.25) is 5.91 Å². The van der Waals surface area contributed by atoms with Crippen LogP contribution in [0.3, 0.4) is 0 Å². The second-order valence-corrected chi connectivity index (χ2v) is 7.97. The van der Waals surface area contributed by atoms with Gasteiger partial charge in [-0.25, -0.2) is 0 Å². The lowest BCUT2D eigenvalue weighted by Gasteiger charge is -2.32. The molecule has 1 aromatic heterocycles. The smallest absolute Gasteiger partial charge is 0.227 e. The fraction of sp³-hybridized carbons (Fsp3) is 0.545. The number of likely N-dealkylation sites (tertiary alicyclic amines) is 1. The molecule has 26 heavy (non-hydrogen) atoms. The van der Waals surface area contributed by atoms with Crippen LogP contribution in [0.15, 0.2) is 30.3 Å². The Morgan fingerprint density at radius 1 is 1.15 bits per heavy atom. The van der Waals surface area contributed by atoms with E-state index in [1.807, 2.05) is 11.8 Å². The van der Waals surface area contributed by atoms with Gasteiger partial charge in [0.05, 0.1) is 12.1 Å². The number of aryl methyl sites for hydroxylation is 1. The molecule has 4 nitrogen and oxygen atoms in total. The Hall–Kier alpha value is -2.10. The lowest BCUT2D eigenvalue weighted by molar-refractivity contribution is -0.131. The van der Waals surface area contributed by atoms with Gasteiger partial charge in [-0.05, 0) is 44.1 Å². The minimum absolute atomic E-state index is 0.242. The van der Waals surface area contributed by atoms with E-state index < -0.39 is 0 Å². The fourth-order valence-electron chi connectivity index (χ4n) is 3.96. The van der Waals surface area contributed by atoms with Gasteiger partial charge in [0, 0.05) is 30.9 Å². The van der Waals surface area contributed by atoms with Crippen LogP contribution in [0.2, 0.25) is 0 Å². The van der Waals surface area contributed by atoms with E-state index in [-0.39, 0.29) is 5.91 Å². The first-order valence-electron chi connectivity index (χ1n) is 9.81. The van der Waals surface area contributed by atoms with Gasteiger partial charge in [0.1, 0.15) is 0 Å². The van der Waals surface area contributed by atoms with Gasteiger partial charge < -0.3 is 4.90 Å². The van der Waals surface area contributed by atoms with Crippen molar-refractivity contribution in [2.24, 2.45) is 5.92 Å². The monoisotopic (exact) mass is 353 g/mol. The fourth-order valence-corrected chi connectivity index (χ4v) is 3.96. The van der Waals surface area contributed by atoms with E-state index in [1.165, 1.54) is 5.56 Å². The molecule has 4 heteroatoms. The molecule has 1 aromatic carbocycles. The lowest BCUT2D eigenvalue weighted by atomic mass is 9.89. The van der Waals surface area contributed by atoms with Crippen LogP contribution in [0.4, 0.5) is 0 Å². The molecule has 1 fully saturated rings. The average molecular weight is 354 g/mol. The number of piperidine rings is 1. The minimum atomic E-state index is 0.242. The molecule has 0 radical (unpaired) electrons. The van der Waals surface area contributed by atoms with Crippen LogP contribution in [0.1, 0.15) is 55.1 Å². The molecule has 3 rings (SSSR count). The van der Waals surface area contributed by atoms with Crippen molar-refractivity contribution in [3.63, 3.8) is 0 Å². The molecule has 0 unspecified atom stereocenters. The predicted octanol–water partition coefficient (Wildman–Crippen LogP) is 4.10. The van der Waals surface area contributed by atoms with Crippen molar-refractivity contribution in [1.29, 1.82) is 0 Å². The summed E-state index contributed by atoms with van der Waals surface area (Å²) in [5, 5.41) is 4.65. The molecule has 2 heterocycles. The number of carbonyl (C=O) groups excluding carboxylic acids is 1. The molecular formula is C22H31N3O. The van der Waals surface area contributed by atoms with Crippen molar-refractivity contribution < 1.29 is 4.79 Å². The first kappa shape index (κ1) is 18.7. The van der Waals surface area contributed by atoms with Gasteiger partial charge >= 0.3 is 0 Å². The van der Waals surface area contributed by atoms with Gasteiger partial charge in [-0.2, -0.15) is 5.10 Å². The normalized spacial score (nSPS) is 15.7.